The van der Waals surface area contributed by atoms with Crippen LogP contribution in [0.3, 0.4) is 0 Å². The van der Waals surface area contributed by atoms with E-state index in [1.807, 2.05) is 0 Å². The van der Waals surface area contributed by atoms with Crippen LogP contribution in [0.4, 0.5) is 18.9 Å². The van der Waals surface area contributed by atoms with Gasteiger partial charge in [-0.2, -0.15) is 13.2 Å². The zero-order valence-corrected chi connectivity index (χ0v) is 14.7. The van der Waals surface area contributed by atoms with Crippen molar-refractivity contribution < 1.29 is 32.7 Å². The van der Waals surface area contributed by atoms with Crippen molar-refractivity contribution in [1.82, 2.24) is 5.32 Å². The van der Waals surface area contributed by atoms with Crippen molar-refractivity contribution in [2.24, 2.45) is 11.8 Å². The molecule has 9 heteroatoms. The number of amides is 2. The average molecular weight is 386 g/mol. The SMILES string of the molecule is CC(NC(=O)c1ccc(NC(=O)C2CCCC(C(F)(F)F)C2)cc1)C(=O)O. The van der Waals surface area contributed by atoms with Crippen LogP contribution in [0, 0.1) is 11.8 Å². The molecule has 2 amide bonds. The molecule has 3 unspecified atom stereocenters. The van der Waals surface area contributed by atoms with Gasteiger partial charge in [0.2, 0.25) is 5.91 Å². The summed E-state index contributed by atoms with van der Waals surface area (Å²) in [5.41, 5.74) is 0.563. The molecule has 0 heterocycles. The smallest absolute Gasteiger partial charge is 0.391 e. The summed E-state index contributed by atoms with van der Waals surface area (Å²) in [6.07, 6.45) is -3.70. The first kappa shape index (κ1) is 20.7. The quantitative estimate of drug-likeness (QED) is 0.724. The Balaban J connectivity index is 1.95. The maximum Gasteiger partial charge on any atom is 0.391 e. The van der Waals surface area contributed by atoms with Gasteiger partial charge in [0.25, 0.3) is 5.91 Å². The Bertz CT molecular complexity index is 704. The number of rotatable bonds is 5. The molecule has 0 bridgehead atoms. The maximum atomic E-state index is 12.9. The minimum absolute atomic E-state index is 0.0475. The van der Waals surface area contributed by atoms with E-state index < -0.39 is 41.8 Å². The molecule has 0 aliphatic heterocycles. The molecule has 1 aliphatic carbocycles. The molecule has 0 saturated heterocycles. The van der Waals surface area contributed by atoms with Gasteiger partial charge in [0.05, 0.1) is 5.92 Å². The number of hydrogen-bond donors (Lipinski definition) is 3. The number of aliphatic carboxylic acids is 1. The summed E-state index contributed by atoms with van der Waals surface area (Å²) in [6, 6.07) is 4.65. The summed E-state index contributed by atoms with van der Waals surface area (Å²) in [7, 11) is 0. The molecule has 1 fully saturated rings. The molecule has 148 valence electrons. The van der Waals surface area contributed by atoms with E-state index in [0.29, 0.717) is 18.5 Å². The van der Waals surface area contributed by atoms with Gasteiger partial charge in [-0.05, 0) is 50.5 Å². The molecule has 1 aromatic carbocycles. The lowest BCUT2D eigenvalue weighted by Gasteiger charge is -2.29. The number of anilines is 1. The van der Waals surface area contributed by atoms with Crippen molar-refractivity contribution >= 4 is 23.5 Å². The van der Waals surface area contributed by atoms with Gasteiger partial charge in [0, 0.05) is 17.2 Å². The molecular formula is C18H21F3N2O4. The second-order valence-corrected chi connectivity index (χ2v) is 6.70. The molecule has 0 radical (unpaired) electrons. The summed E-state index contributed by atoms with van der Waals surface area (Å²) < 4.78 is 38.6. The molecule has 27 heavy (non-hydrogen) atoms. The van der Waals surface area contributed by atoms with E-state index in [4.69, 9.17) is 5.11 Å². The van der Waals surface area contributed by atoms with Crippen LogP contribution < -0.4 is 10.6 Å². The van der Waals surface area contributed by atoms with Gasteiger partial charge in [0.15, 0.2) is 0 Å². The van der Waals surface area contributed by atoms with Gasteiger partial charge < -0.3 is 15.7 Å². The number of alkyl halides is 3. The van der Waals surface area contributed by atoms with Crippen molar-refractivity contribution in [1.29, 1.82) is 0 Å². The van der Waals surface area contributed by atoms with E-state index >= 15 is 0 Å². The van der Waals surface area contributed by atoms with Gasteiger partial charge in [-0.3, -0.25) is 14.4 Å². The number of halogens is 3. The first-order valence-electron chi connectivity index (χ1n) is 8.59. The third-order valence-electron chi connectivity index (χ3n) is 4.64. The van der Waals surface area contributed by atoms with E-state index in [1.165, 1.54) is 31.2 Å². The van der Waals surface area contributed by atoms with Crippen molar-refractivity contribution in [2.75, 3.05) is 5.32 Å². The Hall–Kier alpha value is -2.58. The Labute approximate surface area is 154 Å². The highest BCUT2D eigenvalue weighted by Crippen LogP contribution is 2.40. The average Bonchev–Trinajstić information content (AvgIpc) is 2.61. The molecule has 3 N–H and O–H groups in total. The summed E-state index contributed by atoms with van der Waals surface area (Å²) in [4.78, 5) is 34.9. The molecule has 3 atom stereocenters. The molecule has 1 aliphatic rings. The second kappa shape index (κ2) is 8.41. The standard InChI is InChI=1S/C18H21F3N2O4/c1-10(17(26)27)22-15(24)11-5-7-14(8-6-11)23-16(25)12-3-2-4-13(9-12)18(19,20)21/h5-8,10,12-13H,2-4,9H2,1H3,(H,22,24)(H,23,25)(H,26,27). The van der Waals surface area contributed by atoms with Gasteiger partial charge in [-0.1, -0.05) is 6.42 Å². The second-order valence-electron chi connectivity index (χ2n) is 6.70. The van der Waals surface area contributed by atoms with Crippen LogP contribution in [0.25, 0.3) is 0 Å². The third kappa shape index (κ3) is 5.70. The largest absolute Gasteiger partial charge is 0.480 e. The lowest BCUT2D eigenvalue weighted by Crippen LogP contribution is -2.38. The van der Waals surface area contributed by atoms with Crippen molar-refractivity contribution in [2.45, 2.75) is 44.8 Å². The number of carbonyl (C=O) groups is 3. The van der Waals surface area contributed by atoms with Crippen LogP contribution in [0.2, 0.25) is 0 Å². The van der Waals surface area contributed by atoms with E-state index in [0.717, 1.165) is 0 Å². The van der Waals surface area contributed by atoms with Crippen LogP contribution in [-0.2, 0) is 9.59 Å². The highest BCUT2D eigenvalue weighted by molar-refractivity contribution is 5.97. The lowest BCUT2D eigenvalue weighted by molar-refractivity contribution is -0.185. The number of carboxylic acid groups (broad SMARTS) is 1. The minimum atomic E-state index is -4.29. The van der Waals surface area contributed by atoms with E-state index in [9.17, 15) is 27.6 Å². The summed E-state index contributed by atoms with van der Waals surface area (Å²) in [5.74, 6) is -4.38. The summed E-state index contributed by atoms with van der Waals surface area (Å²) in [6.45, 7) is 1.33. The topological polar surface area (TPSA) is 95.5 Å². The highest BCUT2D eigenvalue weighted by atomic mass is 19.4. The van der Waals surface area contributed by atoms with Gasteiger partial charge in [0.1, 0.15) is 6.04 Å². The molecule has 0 aromatic heterocycles. The minimum Gasteiger partial charge on any atom is -0.480 e. The summed E-state index contributed by atoms with van der Waals surface area (Å²) in [5, 5.41) is 13.7. The maximum absolute atomic E-state index is 12.9. The van der Waals surface area contributed by atoms with Crippen LogP contribution in [0.1, 0.15) is 43.0 Å². The molecule has 0 spiro atoms. The Morgan fingerprint density at radius 2 is 1.78 bits per heavy atom. The molecule has 1 aromatic rings. The number of carbonyl (C=O) groups excluding carboxylic acids is 2. The van der Waals surface area contributed by atoms with Gasteiger partial charge >= 0.3 is 12.1 Å². The van der Waals surface area contributed by atoms with Gasteiger partial charge in [-0.15, -0.1) is 0 Å². The monoisotopic (exact) mass is 386 g/mol. The zero-order chi connectivity index (χ0) is 20.2. The number of carboxylic acids is 1. The number of nitrogens with one attached hydrogen (secondary N) is 2. The first-order chi connectivity index (χ1) is 12.6. The first-order valence-corrected chi connectivity index (χ1v) is 8.59. The summed E-state index contributed by atoms with van der Waals surface area (Å²) >= 11 is 0. The zero-order valence-electron chi connectivity index (χ0n) is 14.7. The van der Waals surface area contributed by atoms with E-state index in [1.54, 1.807) is 0 Å². The van der Waals surface area contributed by atoms with Crippen LogP contribution in [-0.4, -0.2) is 35.1 Å². The van der Waals surface area contributed by atoms with Crippen LogP contribution in [0.15, 0.2) is 24.3 Å². The normalized spacial score (nSPS) is 21.2. The predicted molar refractivity (Wildman–Crippen MR) is 91.1 cm³/mol. The molecule has 6 nitrogen and oxygen atoms in total. The molecule has 2 rings (SSSR count). The van der Waals surface area contributed by atoms with Crippen molar-refractivity contribution in [3.05, 3.63) is 29.8 Å². The fraction of sp³-hybridized carbons (Fsp3) is 0.500. The fourth-order valence-electron chi connectivity index (χ4n) is 3.02. The molecular weight excluding hydrogens is 365 g/mol. The van der Waals surface area contributed by atoms with Crippen LogP contribution in [0.5, 0.6) is 0 Å². The van der Waals surface area contributed by atoms with Crippen molar-refractivity contribution in [3.63, 3.8) is 0 Å². The Kier molecular flexibility index (Phi) is 6.45. The van der Waals surface area contributed by atoms with Gasteiger partial charge in [-0.25, -0.2) is 0 Å². The van der Waals surface area contributed by atoms with Crippen molar-refractivity contribution in [3.8, 4) is 0 Å². The lowest BCUT2D eigenvalue weighted by atomic mass is 9.80. The van der Waals surface area contributed by atoms with E-state index in [-0.39, 0.29) is 18.4 Å². The van der Waals surface area contributed by atoms with E-state index in [2.05, 4.69) is 10.6 Å². The highest BCUT2D eigenvalue weighted by Gasteiger charge is 2.43. The Morgan fingerprint density at radius 3 is 2.33 bits per heavy atom. The predicted octanol–water partition coefficient (Wildman–Crippen LogP) is 3.20. The Morgan fingerprint density at radius 1 is 1.15 bits per heavy atom. The fourth-order valence-corrected chi connectivity index (χ4v) is 3.02. The number of hydrogen-bond acceptors (Lipinski definition) is 3. The van der Waals surface area contributed by atoms with Crippen LogP contribution >= 0.6 is 0 Å². The number of benzene rings is 1. The molecule has 1 saturated carbocycles. The third-order valence-corrected chi connectivity index (χ3v) is 4.64.